The van der Waals surface area contributed by atoms with E-state index < -0.39 is 86.4 Å². The largest absolute Gasteiger partial charge is 0.460 e. The van der Waals surface area contributed by atoms with Crippen molar-refractivity contribution in [2.24, 2.45) is 17.3 Å². The predicted molar refractivity (Wildman–Crippen MR) is 85.1 cm³/mol. The Labute approximate surface area is 158 Å². The van der Waals surface area contributed by atoms with E-state index in [4.69, 9.17) is 4.55 Å². The Morgan fingerprint density at radius 1 is 1.07 bits per heavy atom. The summed E-state index contributed by atoms with van der Waals surface area (Å²) < 4.78 is 96.0. The van der Waals surface area contributed by atoms with Gasteiger partial charge in [0.15, 0.2) is 28.7 Å². The van der Waals surface area contributed by atoms with Crippen LogP contribution < -0.4 is 0 Å². The molecule has 3 unspecified atom stereocenters. The zero-order valence-electron chi connectivity index (χ0n) is 15.0. The van der Waals surface area contributed by atoms with Crippen molar-refractivity contribution in [1.82, 2.24) is 0 Å². The quantitative estimate of drug-likeness (QED) is 0.294. The van der Waals surface area contributed by atoms with Crippen LogP contribution in [0.25, 0.3) is 0 Å². The first-order valence-electron chi connectivity index (χ1n) is 7.90. The number of hydrogen-bond acceptors (Lipinski definition) is 6. The van der Waals surface area contributed by atoms with Crippen LogP contribution in [0.15, 0.2) is 0 Å². The van der Waals surface area contributed by atoms with Crippen LogP contribution in [0, 0.1) is 40.5 Å². The van der Waals surface area contributed by atoms with Gasteiger partial charge in [-0.15, -0.1) is 0 Å². The van der Waals surface area contributed by atoms with Crippen molar-refractivity contribution >= 4 is 16.1 Å². The molecule has 0 bridgehead atoms. The van der Waals surface area contributed by atoms with Gasteiger partial charge in [0.25, 0.3) is 10.1 Å². The third-order valence-corrected chi connectivity index (χ3v) is 5.77. The summed E-state index contributed by atoms with van der Waals surface area (Å²) in [5.41, 5.74) is -5.51. The molecule has 0 heterocycles. The third-order valence-electron chi connectivity index (χ3n) is 4.87. The molecule has 0 spiro atoms. The van der Waals surface area contributed by atoms with Crippen LogP contribution in [0.5, 0.6) is 0 Å². The van der Waals surface area contributed by atoms with Crippen LogP contribution in [0.4, 0.5) is 17.6 Å². The number of aliphatic hydroxyl groups is 1. The van der Waals surface area contributed by atoms with Crippen LogP contribution >= 0.6 is 0 Å². The first kappa shape index (κ1) is 22.5. The smallest absolute Gasteiger partial charge is 0.310 e. The highest BCUT2D eigenvalue weighted by atomic mass is 32.2. The van der Waals surface area contributed by atoms with Crippen LogP contribution in [-0.4, -0.2) is 36.6 Å². The topological polar surface area (TPSA) is 110 Å². The lowest BCUT2D eigenvalue weighted by Gasteiger charge is -2.12. The molecule has 12 heteroatoms. The summed E-state index contributed by atoms with van der Waals surface area (Å²) in [6.45, 7) is 0.909. The zero-order chi connectivity index (χ0) is 21.6. The third kappa shape index (κ3) is 3.86. The second-order valence-electron chi connectivity index (χ2n) is 6.98. The van der Waals surface area contributed by atoms with Gasteiger partial charge in [-0.2, -0.15) is 8.42 Å². The van der Waals surface area contributed by atoms with Gasteiger partial charge in [-0.05, 0) is 5.41 Å². The fraction of sp³-hybridized carbons (Fsp3) is 0.562. The number of esters is 1. The molecule has 2 N–H and O–H groups in total. The molecule has 1 aliphatic rings. The summed E-state index contributed by atoms with van der Waals surface area (Å²) >= 11 is 0. The highest BCUT2D eigenvalue weighted by molar-refractivity contribution is 7.86. The van der Waals surface area contributed by atoms with Crippen molar-refractivity contribution in [3.63, 3.8) is 0 Å². The van der Waals surface area contributed by atoms with Crippen LogP contribution in [0.3, 0.4) is 0 Å². The van der Waals surface area contributed by atoms with E-state index in [1.54, 1.807) is 0 Å². The van der Waals surface area contributed by atoms with E-state index >= 15 is 0 Å². The highest BCUT2D eigenvalue weighted by Gasteiger charge is 2.67. The Balaban J connectivity index is 2.20. The highest BCUT2D eigenvalue weighted by Crippen LogP contribution is 2.61. The molecule has 0 saturated heterocycles. The number of carbonyl (C=O) groups excluding carboxylic acids is 1. The van der Waals surface area contributed by atoms with E-state index in [2.05, 4.69) is 9.47 Å². The van der Waals surface area contributed by atoms with Crippen molar-refractivity contribution in [2.75, 3.05) is 7.11 Å². The van der Waals surface area contributed by atoms with E-state index in [9.17, 15) is 35.9 Å². The number of halogens is 4. The molecular formula is C16H18F4O7S. The van der Waals surface area contributed by atoms with Gasteiger partial charge in [-0.1, -0.05) is 13.8 Å². The first-order chi connectivity index (χ1) is 12.8. The van der Waals surface area contributed by atoms with Crippen molar-refractivity contribution in [3.8, 4) is 0 Å². The Hall–Kier alpha value is -1.76. The molecule has 158 valence electrons. The summed E-state index contributed by atoms with van der Waals surface area (Å²) in [4.78, 5) is 12.1. The van der Waals surface area contributed by atoms with Crippen molar-refractivity contribution in [2.45, 2.75) is 32.5 Å². The van der Waals surface area contributed by atoms with Gasteiger partial charge in [0, 0.05) is 13.0 Å². The van der Waals surface area contributed by atoms with Gasteiger partial charge in [-0.25, -0.2) is 17.6 Å². The fourth-order valence-corrected chi connectivity index (χ4v) is 4.08. The number of ether oxygens (including phenoxy) is 2. The van der Waals surface area contributed by atoms with Crippen molar-refractivity contribution < 1.29 is 49.9 Å². The molecular weight excluding hydrogens is 412 g/mol. The Bertz CT molecular complexity index is 872. The van der Waals surface area contributed by atoms with Crippen molar-refractivity contribution in [1.29, 1.82) is 0 Å². The maximum Gasteiger partial charge on any atom is 0.310 e. The fourth-order valence-electron chi connectivity index (χ4n) is 3.20. The molecule has 1 aromatic carbocycles. The average Bonchev–Trinajstić information content (AvgIpc) is 3.17. The Morgan fingerprint density at radius 3 is 1.89 bits per heavy atom. The molecule has 1 aromatic rings. The lowest BCUT2D eigenvalue weighted by molar-refractivity contribution is -0.148. The second-order valence-corrected chi connectivity index (χ2v) is 8.50. The molecule has 0 radical (unpaired) electrons. The minimum Gasteiger partial charge on any atom is -0.460 e. The SMILES string of the molecule is COCc1c(F)c(F)c(COC(=O)C2C(C(O)S(=O)(=O)O)C2(C)C)c(F)c1F. The number of hydrogen-bond donors (Lipinski definition) is 2. The lowest BCUT2D eigenvalue weighted by atomic mass is 10.1. The maximum atomic E-state index is 14.0. The Kier molecular flexibility index (Phi) is 6.10. The summed E-state index contributed by atoms with van der Waals surface area (Å²) in [5.74, 6) is -10.5. The van der Waals surface area contributed by atoms with Gasteiger partial charge in [0.05, 0.1) is 23.7 Å². The summed E-state index contributed by atoms with van der Waals surface area (Å²) in [6.07, 6.45) is 0. The molecule has 1 aliphatic carbocycles. The molecule has 0 aliphatic heterocycles. The van der Waals surface area contributed by atoms with Gasteiger partial charge >= 0.3 is 5.97 Å². The monoisotopic (exact) mass is 430 g/mol. The lowest BCUT2D eigenvalue weighted by Crippen LogP contribution is -2.25. The number of rotatable bonds is 7. The summed E-state index contributed by atoms with van der Waals surface area (Å²) in [7, 11) is -3.79. The minimum atomic E-state index is -4.86. The van der Waals surface area contributed by atoms with E-state index in [-0.39, 0.29) is 0 Å². The molecule has 1 saturated carbocycles. The number of carbonyl (C=O) groups is 1. The summed E-state index contributed by atoms with van der Waals surface area (Å²) in [6, 6.07) is 0. The molecule has 2 rings (SSSR count). The summed E-state index contributed by atoms with van der Waals surface area (Å²) in [5, 5.41) is 9.63. The van der Waals surface area contributed by atoms with E-state index in [0.29, 0.717) is 0 Å². The van der Waals surface area contributed by atoms with Crippen LogP contribution in [0.1, 0.15) is 25.0 Å². The second kappa shape index (κ2) is 7.58. The molecule has 0 amide bonds. The Morgan fingerprint density at radius 2 is 1.50 bits per heavy atom. The normalized spacial score (nSPS) is 22.0. The van der Waals surface area contributed by atoms with E-state index in [1.165, 1.54) is 13.8 Å². The molecule has 0 aromatic heterocycles. The number of benzene rings is 1. The maximum absolute atomic E-state index is 14.0. The van der Waals surface area contributed by atoms with Gasteiger partial charge in [-0.3, -0.25) is 9.35 Å². The molecule has 28 heavy (non-hydrogen) atoms. The molecule has 7 nitrogen and oxygen atoms in total. The van der Waals surface area contributed by atoms with Crippen LogP contribution in [0.2, 0.25) is 0 Å². The van der Waals surface area contributed by atoms with Crippen LogP contribution in [-0.2, 0) is 37.6 Å². The van der Waals surface area contributed by atoms with Gasteiger partial charge in [0.1, 0.15) is 6.61 Å². The number of methoxy groups -OCH3 is 1. The van der Waals surface area contributed by atoms with Gasteiger partial charge in [0.2, 0.25) is 0 Å². The van der Waals surface area contributed by atoms with Gasteiger partial charge < -0.3 is 14.6 Å². The minimum absolute atomic E-state index is 0.725. The van der Waals surface area contributed by atoms with Crippen molar-refractivity contribution in [3.05, 3.63) is 34.4 Å². The first-order valence-corrected chi connectivity index (χ1v) is 9.40. The average molecular weight is 430 g/mol. The van der Waals surface area contributed by atoms with E-state index in [1.807, 2.05) is 0 Å². The molecule has 3 atom stereocenters. The number of aliphatic hydroxyl groups excluding tert-OH is 1. The standard InChI is InChI=1S/C16H18F4O7S/c1-16(2)8(9(16)15(22)28(23,24)25)14(21)27-5-7-12(19)10(17)6(4-26-3)11(18)13(7)20/h8-9,15,22H,4-5H2,1-3H3,(H,23,24,25). The zero-order valence-corrected chi connectivity index (χ0v) is 15.8. The molecule has 1 fully saturated rings. The van der Waals surface area contributed by atoms with E-state index in [0.717, 1.165) is 7.11 Å². The predicted octanol–water partition coefficient (Wildman–Crippen LogP) is 1.91.